The molecule has 0 fully saturated rings. The number of hydrogen-bond donors (Lipinski definition) is 1. The van der Waals surface area contributed by atoms with Crippen molar-refractivity contribution in [3.8, 4) is 0 Å². The zero-order valence-corrected chi connectivity index (χ0v) is 17.7. The van der Waals surface area contributed by atoms with Crippen LogP contribution in [0.25, 0.3) is 0 Å². The van der Waals surface area contributed by atoms with Gasteiger partial charge < -0.3 is 20.0 Å². The SMILES string of the molecule is Cc1cc(Cc2cnc(NC(=O)CCn3cc([N+](=O)[O-])nc3C)s2)ccc1Br. The van der Waals surface area contributed by atoms with Crippen molar-refractivity contribution in [2.45, 2.75) is 33.2 Å². The van der Waals surface area contributed by atoms with E-state index in [2.05, 4.69) is 43.3 Å². The Bertz CT molecular complexity index is 1030. The van der Waals surface area contributed by atoms with Gasteiger partial charge in [-0.1, -0.05) is 28.1 Å². The first kappa shape index (κ1) is 20.2. The van der Waals surface area contributed by atoms with Gasteiger partial charge in [-0.05, 0) is 34.0 Å². The van der Waals surface area contributed by atoms with E-state index in [-0.39, 0.29) is 18.1 Å². The third kappa shape index (κ3) is 5.02. The number of carbonyl (C=O) groups is 1. The summed E-state index contributed by atoms with van der Waals surface area (Å²) in [5.41, 5.74) is 2.35. The molecular formula is C18H18BrN5O3S. The van der Waals surface area contributed by atoms with Crippen molar-refractivity contribution in [2.75, 3.05) is 5.32 Å². The van der Waals surface area contributed by atoms with Crippen LogP contribution >= 0.6 is 27.3 Å². The monoisotopic (exact) mass is 463 g/mol. The fourth-order valence-electron chi connectivity index (χ4n) is 2.67. The number of benzene rings is 1. The molecule has 1 amide bonds. The highest BCUT2D eigenvalue weighted by molar-refractivity contribution is 9.10. The molecule has 2 aromatic heterocycles. The summed E-state index contributed by atoms with van der Waals surface area (Å²) in [5.74, 6) is 0.0858. The second-order valence-electron chi connectivity index (χ2n) is 6.29. The van der Waals surface area contributed by atoms with Gasteiger partial charge in [0.15, 0.2) is 5.13 Å². The van der Waals surface area contributed by atoms with Gasteiger partial charge in [-0.3, -0.25) is 4.79 Å². The van der Waals surface area contributed by atoms with Crippen LogP contribution in [0.2, 0.25) is 0 Å². The number of rotatable bonds is 7. The zero-order chi connectivity index (χ0) is 20.3. The number of nitrogens with one attached hydrogen (secondary N) is 1. The van der Waals surface area contributed by atoms with Gasteiger partial charge >= 0.3 is 5.82 Å². The van der Waals surface area contributed by atoms with E-state index in [0.717, 1.165) is 15.8 Å². The Hall–Kier alpha value is -2.59. The molecule has 0 aliphatic rings. The Morgan fingerprint density at radius 1 is 1.39 bits per heavy atom. The largest absolute Gasteiger partial charge is 0.381 e. The third-order valence-electron chi connectivity index (χ3n) is 4.13. The lowest BCUT2D eigenvalue weighted by Gasteiger charge is -2.03. The fourth-order valence-corrected chi connectivity index (χ4v) is 3.78. The van der Waals surface area contributed by atoms with Crippen molar-refractivity contribution in [3.05, 3.63) is 67.0 Å². The van der Waals surface area contributed by atoms with Crippen LogP contribution in [0.15, 0.2) is 35.1 Å². The molecule has 0 atom stereocenters. The smallest absolute Gasteiger partial charge is 0.358 e. The molecule has 0 aliphatic heterocycles. The van der Waals surface area contributed by atoms with Crippen molar-refractivity contribution >= 4 is 44.1 Å². The number of nitrogens with zero attached hydrogens (tertiary/aromatic N) is 4. The number of amides is 1. The van der Waals surface area contributed by atoms with Gasteiger partial charge in [0.25, 0.3) is 0 Å². The molecule has 8 nitrogen and oxygen atoms in total. The predicted molar refractivity (Wildman–Crippen MR) is 111 cm³/mol. The van der Waals surface area contributed by atoms with Gasteiger partial charge in [0, 0.05) is 41.9 Å². The van der Waals surface area contributed by atoms with Crippen LogP contribution in [0, 0.1) is 24.0 Å². The molecule has 28 heavy (non-hydrogen) atoms. The number of thiazole rings is 1. The maximum Gasteiger partial charge on any atom is 0.381 e. The molecule has 2 heterocycles. The highest BCUT2D eigenvalue weighted by atomic mass is 79.9. The molecule has 146 valence electrons. The van der Waals surface area contributed by atoms with Crippen LogP contribution in [-0.4, -0.2) is 25.4 Å². The van der Waals surface area contributed by atoms with Gasteiger partial charge in [-0.2, -0.15) is 0 Å². The summed E-state index contributed by atoms with van der Waals surface area (Å²) in [6.07, 6.45) is 4.03. The van der Waals surface area contributed by atoms with E-state index in [1.807, 2.05) is 13.0 Å². The molecule has 3 rings (SSSR count). The van der Waals surface area contributed by atoms with Crippen molar-refractivity contribution in [1.29, 1.82) is 0 Å². The first-order valence-corrected chi connectivity index (χ1v) is 10.1. The Morgan fingerprint density at radius 3 is 2.86 bits per heavy atom. The maximum absolute atomic E-state index is 12.2. The lowest BCUT2D eigenvalue weighted by molar-refractivity contribution is -0.389. The lowest BCUT2D eigenvalue weighted by Crippen LogP contribution is -2.14. The van der Waals surface area contributed by atoms with E-state index < -0.39 is 4.92 Å². The van der Waals surface area contributed by atoms with E-state index in [1.165, 1.54) is 28.7 Å². The molecule has 0 radical (unpaired) electrons. The summed E-state index contributed by atoms with van der Waals surface area (Å²) in [6, 6.07) is 6.20. The first-order chi connectivity index (χ1) is 13.3. The number of imidazole rings is 1. The molecule has 0 saturated heterocycles. The number of aryl methyl sites for hydroxylation is 3. The number of hydrogen-bond acceptors (Lipinski definition) is 6. The van der Waals surface area contributed by atoms with Crippen LogP contribution in [-0.2, 0) is 17.8 Å². The van der Waals surface area contributed by atoms with Gasteiger partial charge in [-0.25, -0.2) is 4.98 Å². The number of halogens is 1. The number of nitro groups is 1. The predicted octanol–water partition coefficient (Wildman–Crippen LogP) is 4.25. The average Bonchev–Trinajstić information content (AvgIpc) is 3.23. The topological polar surface area (TPSA) is 103 Å². The first-order valence-electron chi connectivity index (χ1n) is 8.49. The number of aromatic nitrogens is 3. The fraction of sp³-hybridized carbons (Fsp3) is 0.278. The van der Waals surface area contributed by atoms with Crippen molar-refractivity contribution in [2.24, 2.45) is 0 Å². The summed E-state index contributed by atoms with van der Waals surface area (Å²) < 4.78 is 2.67. The van der Waals surface area contributed by atoms with E-state index in [1.54, 1.807) is 17.7 Å². The summed E-state index contributed by atoms with van der Waals surface area (Å²) >= 11 is 4.93. The van der Waals surface area contributed by atoms with E-state index in [9.17, 15) is 14.9 Å². The van der Waals surface area contributed by atoms with Gasteiger partial charge in [0.05, 0.1) is 0 Å². The third-order valence-corrected chi connectivity index (χ3v) is 5.93. The lowest BCUT2D eigenvalue weighted by atomic mass is 10.1. The standard InChI is InChI=1S/C18H18BrN5O3S/c1-11-7-13(3-4-15(11)19)8-14-9-20-18(28-14)22-17(25)5-6-23-10-16(24(26)27)21-12(23)2/h3-4,7,9-10H,5-6,8H2,1-2H3,(H,20,22,25). The van der Waals surface area contributed by atoms with Crippen LogP contribution < -0.4 is 5.32 Å². The Morgan fingerprint density at radius 2 is 2.18 bits per heavy atom. The zero-order valence-electron chi connectivity index (χ0n) is 15.3. The molecule has 0 unspecified atom stereocenters. The molecule has 0 aliphatic carbocycles. The van der Waals surface area contributed by atoms with E-state index in [4.69, 9.17) is 0 Å². The van der Waals surface area contributed by atoms with E-state index >= 15 is 0 Å². The molecule has 3 aromatic rings. The quantitative estimate of drug-likeness (QED) is 0.416. The minimum absolute atomic E-state index is 0.176. The van der Waals surface area contributed by atoms with E-state index in [0.29, 0.717) is 17.5 Å². The Kier molecular flexibility index (Phi) is 6.20. The highest BCUT2D eigenvalue weighted by Crippen LogP contribution is 2.24. The Labute approximate surface area is 173 Å². The summed E-state index contributed by atoms with van der Waals surface area (Å²) in [4.78, 5) is 31.5. The molecule has 0 saturated carbocycles. The van der Waals surface area contributed by atoms with Gasteiger partial charge in [0.2, 0.25) is 11.7 Å². The van der Waals surface area contributed by atoms with Crippen LogP contribution in [0.1, 0.15) is 28.2 Å². The number of anilines is 1. The average molecular weight is 464 g/mol. The maximum atomic E-state index is 12.2. The second kappa shape index (κ2) is 8.61. The molecule has 0 spiro atoms. The van der Waals surface area contributed by atoms with Gasteiger partial charge in [0.1, 0.15) is 6.20 Å². The second-order valence-corrected chi connectivity index (χ2v) is 8.26. The van der Waals surface area contributed by atoms with Crippen LogP contribution in [0.4, 0.5) is 10.9 Å². The molecule has 1 N–H and O–H groups in total. The van der Waals surface area contributed by atoms with Crippen molar-refractivity contribution in [1.82, 2.24) is 14.5 Å². The van der Waals surface area contributed by atoms with Crippen molar-refractivity contribution in [3.63, 3.8) is 0 Å². The minimum Gasteiger partial charge on any atom is -0.358 e. The minimum atomic E-state index is -0.548. The molecule has 0 bridgehead atoms. The summed E-state index contributed by atoms with van der Waals surface area (Å²) in [7, 11) is 0. The summed E-state index contributed by atoms with van der Waals surface area (Å²) in [5, 5.41) is 14.1. The Balaban J connectivity index is 1.55. The summed E-state index contributed by atoms with van der Waals surface area (Å²) in [6.45, 7) is 4.03. The van der Waals surface area contributed by atoms with Crippen molar-refractivity contribution < 1.29 is 9.72 Å². The molecule has 10 heteroatoms. The molecule has 1 aromatic carbocycles. The van der Waals surface area contributed by atoms with Gasteiger partial charge in [-0.15, -0.1) is 11.3 Å². The normalized spacial score (nSPS) is 10.8. The highest BCUT2D eigenvalue weighted by Gasteiger charge is 2.16. The van der Waals surface area contributed by atoms with Crippen LogP contribution in [0.3, 0.4) is 0 Å². The molecular weight excluding hydrogens is 446 g/mol. The van der Waals surface area contributed by atoms with Crippen LogP contribution in [0.5, 0.6) is 0 Å². The number of carbonyl (C=O) groups excluding carboxylic acids is 1.